The van der Waals surface area contributed by atoms with Crippen LogP contribution in [0.4, 0.5) is 10.5 Å². The van der Waals surface area contributed by atoms with E-state index < -0.39 is 18.0 Å². The second-order valence-corrected chi connectivity index (χ2v) is 13.2. The highest BCUT2D eigenvalue weighted by molar-refractivity contribution is 7.15. The molecule has 6 rings (SSSR count). The third-order valence-corrected chi connectivity index (χ3v) is 9.72. The summed E-state index contributed by atoms with van der Waals surface area (Å²) < 4.78 is 7.50. The van der Waals surface area contributed by atoms with Crippen molar-refractivity contribution in [2.24, 2.45) is 4.99 Å². The lowest BCUT2D eigenvalue weighted by Gasteiger charge is -2.20. The number of para-hydroxylation sites is 1. The van der Waals surface area contributed by atoms with Gasteiger partial charge in [-0.05, 0) is 42.2 Å². The van der Waals surface area contributed by atoms with Gasteiger partial charge in [-0.2, -0.15) is 0 Å². The number of esters is 1. The van der Waals surface area contributed by atoms with Crippen LogP contribution in [0.2, 0.25) is 10.0 Å². The normalized spacial score (nSPS) is 12.8. The molecule has 3 heterocycles. The molecule has 0 fully saturated rings. The Balaban J connectivity index is 1.34. The average molecular weight is 688 g/mol. The number of hydrogen-bond donors (Lipinski definition) is 2. The molecule has 9 nitrogen and oxygen atoms in total. The average Bonchev–Trinajstić information content (AvgIpc) is 3.66. The standard InChI is InChI=1S/C35H32Cl2N6O3S/c1-21(2)29-18-24-32(23-12-6-7-13-25(23)36)38-19-30-41-42-33(43(30)34(24)47-29)28(40-35(45)39-27-15-9-8-14-26(27)37)16-17-31(44)46-20-22-10-4-3-5-11-22/h3-15,18,21,28H,16-17,19-20H2,1-2H3,(H2,39,40,45)/t28-/m1/s1. The van der Waals surface area contributed by atoms with Crippen molar-refractivity contribution < 1.29 is 14.3 Å². The molecular weight excluding hydrogens is 655 g/mol. The molecule has 1 atom stereocenters. The first-order valence-electron chi connectivity index (χ1n) is 15.2. The first kappa shape index (κ1) is 32.4. The van der Waals surface area contributed by atoms with Crippen LogP contribution in [-0.2, 0) is 22.7 Å². The van der Waals surface area contributed by atoms with Gasteiger partial charge in [0.25, 0.3) is 0 Å². The minimum Gasteiger partial charge on any atom is -0.461 e. The molecule has 0 unspecified atom stereocenters. The number of aliphatic imine (C=N–C) groups is 1. The van der Waals surface area contributed by atoms with Crippen LogP contribution in [0, 0.1) is 0 Å². The molecule has 0 saturated heterocycles. The Labute approximate surface area is 286 Å². The van der Waals surface area contributed by atoms with Crippen molar-refractivity contribution in [2.45, 2.75) is 51.8 Å². The summed E-state index contributed by atoms with van der Waals surface area (Å²) in [6.07, 6.45) is 0.236. The van der Waals surface area contributed by atoms with Crippen molar-refractivity contribution >= 4 is 57.9 Å². The lowest BCUT2D eigenvalue weighted by molar-refractivity contribution is -0.145. The molecule has 240 valence electrons. The number of amides is 2. The summed E-state index contributed by atoms with van der Waals surface area (Å²) >= 11 is 14.6. The van der Waals surface area contributed by atoms with Gasteiger partial charge in [-0.25, -0.2) is 4.79 Å². The van der Waals surface area contributed by atoms with E-state index >= 15 is 0 Å². The number of nitrogens with one attached hydrogen (secondary N) is 2. The molecule has 0 aliphatic carbocycles. The van der Waals surface area contributed by atoms with Gasteiger partial charge >= 0.3 is 12.0 Å². The summed E-state index contributed by atoms with van der Waals surface area (Å²) in [5.41, 5.74) is 3.81. The molecule has 5 aromatic rings. The molecular formula is C35H32Cl2N6O3S. The topological polar surface area (TPSA) is 111 Å². The van der Waals surface area contributed by atoms with Gasteiger partial charge in [0.15, 0.2) is 11.6 Å². The van der Waals surface area contributed by atoms with Gasteiger partial charge < -0.3 is 15.4 Å². The van der Waals surface area contributed by atoms with Crippen LogP contribution < -0.4 is 10.6 Å². The molecule has 0 radical (unpaired) electrons. The number of hydrogen-bond acceptors (Lipinski definition) is 7. The lowest BCUT2D eigenvalue weighted by Crippen LogP contribution is -2.34. The van der Waals surface area contributed by atoms with Crippen molar-refractivity contribution in [1.29, 1.82) is 0 Å². The van der Waals surface area contributed by atoms with E-state index in [-0.39, 0.29) is 31.9 Å². The highest BCUT2D eigenvalue weighted by Crippen LogP contribution is 2.38. The largest absolute Gasteiger partial charge is 0.461 e. The molecule has 2 N–H and O–H groups in total. The summed E-state index contributed by atoms with van der Waals surface area (Å²) in [4.78, 5) is 32.4. The Morgan fingerprint density at radius 1 is 0.936 bits per heavy atom. The van der Waals surface area contributed by atoms with Gasteiger partial charge in [0.2, 0.25) is 0 Å². The van der Waals surface area contributed by atoms with Gasteiger partial charge in [-0.15, -0.1) is 21.5 Å². The van der Waals surface area contributed by atoms with E-state index in [9.17, 15) is 9.59 Å². The van der Waals surface area contributed by atoms with Crippen LogP contribution in [0.5, 0.6) is 0 Å². The number of thiophene rings is 1. The maximum absolute atomic E-state index is 13.4. The van der Waals surface area contributed by atoms with Gasteiger partial charge in [0.1, 0.15) is 18.2 Å². The fourth-order valence-electron chi connectivity index (χ4n) is 5.24. The van der Waals surface area contributed by atoms with E-state index in [0.29, 0.717) is 27.4 Å². The third kappa shape index (κ3) is 7.40. The molecule has 2 amide bonds. The smallest absolute Gasteiger partial charge is 0.319 e. The van der Waals surface area contributed by atoms with Crippen LogP contribution in [0.1, 0.15) is 71.9 Å². The van der Waals surface area contributed by atoms with E-state index in [1.54, 1.807) is 35.6 Å². The van der Waals surface area contributed by atoms with E-state index in [4.69, 9.17) is 32.9 Å². The predicted molar refractivity (Wildman–Crippen MR) is 186 cm³/mol. The zero-order chi connectivity index (χ0) is 32.9. The maximum Gasteiger partial charge on any atom is 0.319 e. The molecule has 47 heavy (non-hydrogen) atoms. The second-order valence-electron chi connectivity index (χ2n) is 11.3. The number of anilines is 1. The molecule has 12 heteroatoms. The van der Waals surface area contributed by atoms with Crippen LogP contribution in [-0.4, -0.2) is 32.5 Å². The first-order chi connectivity index (χ1) is 22.8. The highest BCUT2D eigenvalue weighted by atomic mass is 35.5. The van der Waals surface area contributed by atoms with E-state index in [1.807, 2.05) is 59.2 Å². The quantitative estimate of drug-likeness (QED) is 0.143. The van der Waals surface area contributed by atoms with Crippen molar-refractivity contribution in [3.8, 4) is 5.00 Å². The molecule has 1 aliphatic heterocycles. The number of halogens is 2. The van der Waals surface area contributed by atoms with Gasteiger partial charge in [-0.3, -0.25) is 14.4 Å². The van der Waals surface area contributed by atoms with Crippen molar-refractivity contribution in [3.63, 3.8) is 0 Å². The van der Waals surface area contributed by atoms with E-state index in [1.165, 1.54) is 0 Å². The van der Waals surface area contributed by atoms with Crippen molar-refractivity contribution in [2.75, 3.05) is 5.32 Å². The van der Waals surface area contributed by atoms with Crippen LogP contribution in [0.3, 0.4) is 0 Å². The highest BCUT2D eigenvalue weighted by Gasteiger charge is 2.31. The summed E-state index contributed by atoms with van der Waals surface area (Å²) in [5, 5.41) is 16.8. The Morgan fingerprint density at radius 3 is 2.40 bits per heavy atom. The Morgan fingerprint density at radius 2 is 1.66 bits per heavy atom. The third-order valence-electron chi connectivity index (χ3n) is 7.64. The number of aromatic nitrogens is 3. The minimum atomic E-state index is -0.720. The van der Waals surface area contributed by atoms with E-state index in [0.717, 1.165) is 32.3 Å². The second kappa shape index (κ2) is 14.5. The number of rotatable bonds is 10. The fraction of sp³-hybridized carbons (Fsp3) is 0.229. The first-order valence-corrected chi connectivity index (χ1v) is 16.7. The minimum absolute atomic E-state index is 0.0297. The molecule has 2 aromatic heterocycles. The molecule has 0 bridgehead atoms. The molecule has 1 aliphatic rings. The maximum atomic E-state index is 13.4. The number of carbonyl (C=O) groups excluding carboxylic acids is 2. The number of urea groups is 1. The molecule has 0 saturated carbocycles. The molecule has 0 spiro atoms. The van der Waals surface area contributed by atoms with Crippen LogP contribution >= 0.6 is 34.5 Å². The zero-order valence-electron chi connectivity index (χ0n) is 25.7. The summed E-state index contributed by atoms with van der Waals surface area (Å²) in [5.74, 6) is 0.924. The van der Waals surface area contributed by atoms with Gasteiger partial charge in [0.05, 0.1) is 22.5 Å². The Hall–Kier alpha value is -4.51. The van der Waals surface area contributed by atoms with E-state index in [2.05, 4.69) is 40.7 Å². The van der Waals surface area contributed by atoms with Gasteiger partial charge in [0, 0.05) is 27.4 Å². The van der Waals surface area contributed by atoms with Crippen molar-refractivity contribution in [3.05, 3.63) is 128 Å². The number of carbonyl (C=O) groups is 2. The van der Waals surface area contributed by atoms with Crippen LogP contribution in [0.25, 0.3) is 5.00 Å². The predicted octanol–water partition coefficient (Wildman–Crippen LogP) is 8.50. The lowest BCUT2D eigenvalue weighted by atomic mass is 10.0. The fourth-order valence-corrected chi connectivity index (χ4v) is 6.84. The monoisotopic (exact) mass is 686 g/mol. The summed E-state index contributed by atoms with van der Waals surface area (Å²) in [6, 6.07) is 25.0. The Kier molecular flexibility index (Phi) is 10.0. The zero-order valence-corrected chi connectivity index (χ0v) is 28.1. The van der Waals surface area contributed by atoms with Gasteiger partial charge in [-0.1, -0.05) is 97.7 Å². The SMILES string of the molecule is CC(C)c1cc2c(s1)-n1c(nnc1[C@@H](CCC(=O)OCc1ccccc1)NC(=O)Nc1ccccc1Cl)CN=C2c1ccccc1Cl. The van der Waals surface area contributed by atoms with Crippen LogP contribution in [0.15, 0.2) is 89.9 Å². The summed E-state index contributed by atoms with van der Waals surface area (Å²) in [6.45, 7) is 4.67. The summed E-state index contributed by atoms with van der Waals surface area (Å²) in [7, 11) is 0. The number of fused-ring (bicyclic) bond motifs is 3. The molecule has 3 aromatic carbocycles. The van der Waals surface area contributed by atoms with Crippen molar-refractivity contribution in [1.82, 2.24) is 20.1 Å². The number of ether oxygens (including phenoxy) is 1. The number of nitrogens with zero attached hydrogens (tertiary/aromatic N) is 4. The Bertz CT molecular complexity index is 1940. The number of benzene rings is 3.